The molecule has 0 aromatic heterocycles. The quantitative estimate of drug-likeness (QED) is 0.531. The van der Waals surface area contributed by atoms with Crippen molar-refractivity contribution in [2.24, 2.45) is 4.99 Å². The fourth-order valence-electron chi connectivity index (χ4n) is 2.26. The molecule has 0 saturated heterocycles. The first-order chi connectivity index (χ1) is 11.6. The van der Waals surface area contributed by atoms with E-state index < -0.39 is 5.97 Å². The monoisotopic (exact) mass is 324 g/mol. The van der Waals surface area contributed by atoms with Gasteiger partial charge in [0, 0.05) is 11.3 Å². The van der Waals surface area contributed by atoms with Gasteiger partial charge in [0.2, 0.25) is 5.90 Å². The molecule has 0 atom stereocenters. The average molecular weight is 324 g/mol. The maximum absolute atomic E-state index is 12.0. The van der Waals surface area contributed by atoms with Crippen LogP contribution in [0.5, 0.6) is 11.5 Å². The van der Waals surface area contributed by atoms with Gasteiger partial charge in [-0.2, -0.15) is 0 Å². The van der Waals surface area contributed by atoms with Gasteiger partial charge < -0.3 is 19.9 Å². The third kappa shape index (κ3) is 3.08. The SMILES string of the molecule is COc1ccc(C=C2N=C(c3ccc(N)cc3)OC2=O)cc1OC. The van der Waals surface area contributed by atoms with E-state index in [0.29, 0.717) is 22.7 Å². The summed E-state index contributed by atoms with van der Waals surface area (Å²) >= 11 is 0. The van der Waals surface area contributed by atoms with Gasteiger partial charge in [-0.3, -0.25) is 0 Å². The standard InChI is InChI=1S/C18H16N2O4/c1-22-15-8-3-11(10-16(15)23-2)9-14-18(21)24-17(20-14)12-4-6-13(19)7-5-12/h3-10H,19H2,1-2H3. The van der Waals surface area contributed by atoms with Gasteiger partial charge in [-0.1, -0.05) is 6.07 Å². The summed E-state index contributed by atoms with van der Waals surface area (Å²) in [5.74, 6) is 0.934. The first-order valence-electron chi connectivity index (χ1n) is 7.21. The highest BCUT2D eigenvalue weighted by Gasteiger charge is 2.24. The summed E-state index contributed by atoms with van der Waals surface area (Å²) < 4.78 is 15.7. The third-order valence-corrected chi connectivity index (χ3v) is 3.49. The summed E-state index contributed by atoms with van der Waals surface area (Å²) in [6.07, 6.45) is 1.63. The van der Waals surface area contributed by atoms with E-state index in [4.69, 9.17) is 19.9 Å². The second kappa shape index (κ2) is 6.45. The molecule has 2 aromatic rings. The van der Waals surface area contributed by atoms with Crippen LogP contribution in [-0.4, -0.2) is 26.1 Å². The topological polar surface area (TPSA) is 83.1 Å². The van der Waals surface area contributed by atoms with Crippen LogP contribution in [0.3, 0.4) is 0 Å². The Hall–Kier alpha value is -3.28. The number of rotatable bonds is 4. The van der Waals surface area contributed by atoms with Crippen molar-refractivity contribution in [1.29, 1.82) is 0 Å². The predicted octanol–water partition coefficient (Wildman–Crippen LogP) is 2.63. The number of carbonyl (C=O) groups is 1. The zero-order valence-corrected chi connectivity index (χ0v) is 13.3. The van der Waals surface area contributed by atoms with Gasteiger partial charge in [-0.25, -0.2) is 9.79 Å². The Balaban J connectivity index is 1.92. The molecule has 1 heterocycles. The third-order valence-electron chi connectivity index (χ3n) is 3.49. The van der Waals surface area contributed by atoms with Crippen LogP contribution >= 0.6 is 0 Å². The number of anilines is 1. The van der Waals surface area contributed by atoms with Crippen molar-refractivity contribution in [3.8, 4) is 11.5 Å². The van der Waals surface area contributed by atoms with E-state index >= 15 is 0 Å². The molecule has 0 saturated carbocycles. The molecule has 2 aromatic carbocycles. The van der Waals surface area contributed by atoms with Gasteiger partial charge in [-0.15, -0.1) is 0 Å². The number of carbonyl (C=O) groups excluding carboxylic acids is 1. The number of hydrogen-bond acceptors (Lipinski definition) is 6. The van der Waals surface area contributed by atoms with E-state index in [1.54, 1.807) is 62.8 Å². The van der Waals surface area contributed by atoms with Crippen molar-refractivity contribution in [3.05, 3.63) is 59.3 Å². The minimum Gasteiger partial charge on any atom is -0.493 e. The Morgan fingerprint density at radius 1 is 1.04 bits per heavy atom. The molecule has 0 fully saturated rings. The lowest BCUT2D eigenvalue weighted by atomic mass is 10.1. The molecule has 6 heteroatoms. The number of aliphatic imine (C=N–C) groups is 1. The van der Waals surface area contributed by atoms with Crippen molar-refractivity contribution in [2.45, 2.75) is 0 Å². The zero-order valence-electron chi connectivity index (χ0n) is 13.3. The lowest BCUT2D eigenvalue weighted by Gasteiger charge is -2.07. The summed E-state index contributed by atoms with van der Waals surface area (Å²) in [5.41, 5.74) is 7.94. The first-order valence-corrected chi connectivity index (χ1v) is 7.21. The van der Waals surface area contributed by atoms with Crippen LogP contribution in [0.15, 0.2) is 53.2 Å². The Bertz CT molecular complexity index is 839. The Kier molecular flexibility index (Phi) is 4.20. The van der Waals surface area contributed by atoms with E-state index in [9.17, 15) is 4.79 Å². The molecular weight excluding hydrogens is 308 g/mol. The molecule has 1 aliphatic heterocycles. The molecule has 1 aliphatic rings. The Labute approximate surface area is 139 Å². The molecule has 0 unspecified atom stereocenters. The van der Waals surface area contributed by atoms with Gasteiger partial charge in [0.25, 0.3) is 0 Å². The van der Waals surface area contributed by atoms with Crippen LogP contribution in [0.2, 0.25) is 0 Å². The first kappa shape index (κ1) is 15.6. The summed E-state index contributed by atoms with van der Waals surface area (Å²) in [5, 5.41) is 0. The van der Waals surface area contributed by atoms with Gasteiger partial charge in [-0.05, 0) is 48.0 Å². The van der Waals surface area contributed by atoms with E-state index in [2.05, 4.69) is 4.99 Å². The van der Waals surface area contributed by atoms with Crippen molar-refractivity contribution >= 4 is 23.6 Å². The van der Waals surface area contributed by atoms with E-state index in [1.807, 2.05) is 0 Å². The number of ether oxygens (including phenoxy) is 3. The highest BCUT2D eigenvalue weighted by Crippen LogP contribution is 2.29. The molecule has 0 bridgehead atoms. The molecule has 0 spiro atoms. The fourth-order valence-corrected chi connectivity index (χ4v) is 2.26. The molecule has 24 heavy (non-hydrogen) atoms. The van der Waals surface area contributed by atoms with Crippen LogP contribution in [0.25, 0.3) is 6.08 Å². The van der Waals surface area contributed by atoms with Crippen LogP contribution in [-0.2, 0) is 9.53 Å². The van der Waals surface area contributed by atoms with Gasteiger partial charge in [0.15, 0.2) is 17.2 Å². The predicted molar refractivity (Wildman–Crippen MR) is 91.0 cm³/mol. The smallest absolute Gasteiger partial charge is 0.363 e. The van der Waals surface area contributed by atoms with Crippen LogP contribution in [0.4, 0.5) is 5.69 Å². The largest absolute Gasteiger partial charge is 0.493 e. The molecule has 2 N–H and O–H groups in total. The molecule has 122 valence electrons. The summed E-state index contributed by atoms with van der Waals surface area (Å²) in [4.78, 5) is 16.3. The molecule has 6 nitrogen and oxygen atoms in total. The highest BCUT2D eigenvalue weighted by atomic mass is 16.6. The average Bonchev–Trinajstić information content (AvgIpc) is 2.96. The second-order valence-electron chi connectivity index (χ2n) is 5.07. The normalized spacial score (nSPS) is 15.2. The van der Waals surface area contributed by atoms with Crippen LogP contribution < -0.4 is 15.2 Å². The molecule has 0 radical (unpaired) electrons. The van der Waals surface area contributed by atoms with E-state index in [1.165, 1.54) is 0 Å². The van der Waals surface area contributed by atoms with E-state index in [0.717, 1.165) is 5.56 Å². The minimum atomic E-state index is -0.503. The summed E-state index contributed by atoms with van der Waals surface area (Å²) in [7, 11) is 3.11. The number of methoxy groups -OCH3 is 2. The number of nitrogen functional groups attached to an aromatic ring is 1. The number of esters is 1. The Morgan fingerprint density at radius 2 is 1.75 bits per heavy atom. The molecule has 0 aliphatic carbocycles. The lowest BCUT2D eigenvalue weighted by Crippen LogP contribution is -2.05. The second-order valence-corrected chi connectivity index (χ2v) is 5.07. The van der Waals surface area contributed by atoms with Gasteiger partial charge in [0.1, 0.15) is 0 Å². The maximum atomic E-state index is 12.0. The van der Waals surface area contributed by atoms with Crippen molar-refractivity contribution in [1.82, 2.24) is 0 Å². The molecular formula is C18H16N2O4. The van der Waals surface area contributed by atoms with Gasteiger partial charge in [0.05, 0.1) is 14.2 Å². The number of nitrogens with zero attached hydrogens (tertiary/aromatic N) is 1. The van der Waals surface area contributed by atoms with Crippen molar-refractivity contribution < 1.29 is 19.0 Å². The lowest BCUT2D eigenvalue weighted by molar-refractivity contribution is -0.129. The fraction of sp³-hybridized carbons (Fsp3) is 0.111. The summed E-state index contributed by atoms with van der Waals surface area (Å²) in [6, 6.07) is 12.3. The molecule has 0 amide bonds. The Morgan fingerprint density at radius 3 is 2.42 bits per heavy atom. The highest BCUT2D eigenvalue weighted by molar-refractivity contribution is 6.12. The van der Waals surface area contributed by atoms with Gasteiger partial charge >= 0.3 is 5.97 Å². The van der Waals surface area contributed by atoms with Crippen LogP contribution in [0, 0.1) is 0 Å². The molecule has 3 rings (SSSR count). The number of cyclic esters (lactones) is 1. The maximum Gasteiger partial charge on any atom is 0.363 e. The van der Waals surface area contributed by atoms with E-state index in [-0.39, 0.29) is 11.6 Å². The van der Waals surface area contributed by atoms with Crippen molar-refractivity contribution in [2.75, 3.05) is 20.0 Å². The van der Waals surface area contributed by atoms with Crippen LogP contribution in [0.1, 0.15) is 11.1 Å². The number of benzene rings is 2. The number of hydrogen-bond donors (Lipinski definition) is 1. The van der Waals surface area contributed by atoms with Crippen molar-refractivity contribution in [3.63, 3.8) is 0 Å². The minimum absolute atomic E-state index is 0.217. The zero-order chi connectivity index (χ0) is 17.1. The number of nitrogens with two attached hydrogens (primary N) is 1. The summed E-state index contributed by atoms with van der Waals surface area (Å²) in [6.45, 7) is 0.